The van der Waals surface area contributed by atoms with Gasteiger partial charge in [-0.05, 0) is 37.0 Å². The third-order valence-corrected chi connectivity index (χ3v) is 8.01. The second-order valence-corrected chi connectivity index (χ2v) is 10.5. The van der Waals surface area contributed by atoms with Gasteiger partial charge in [0.05, 0.1) is 4.90 Å². The molecule has 3 amide bonds. The Morgan fingerprint density at radius 1 is 1.12 bits per heavy atom. The summed E-state index contributed by atoms with van der Waals surface area (Å²) in [5.74, 6) is -0.940. The molecule has 10 heteroatoms. The van der Waals surface area contributed by atoms with Crippen LogP contribution in [0.25, 0.3) is 0 Å². The van der Waals surface area contributed by atoms with Gasteiger partial charge in [0.1, 0.15) is 6.04 Å². The van der Waals surface area contributed by atoms with Crippen molar-refractivity contribution < 1.29 is 22.8 Å². The molecule has 2 rings (SSSR count). The first-order valence-corrected chi connectivity index (χ1v) is 12.9. The van der Waals surface area contributed by atoms with Crippen LogP contribution >= 0.6 is 0 Å². The van der Waals surface area contributed by atoms with Crippen molar-refractivity contribution in [3.8, 4) is 0 Å². The highest BCUT2D eigenvalue weighted by atomic mass is 32.2. The third-order valence-electron chi connectivity index (χ3n) is 5.96. The maximum Gasteiger partial charge on any atom is 0.251 e. The molecular formula is C23H36N4O5S. The van der Waals surface area contributed by atoms with Crippen LogP contribution in [0.4, 0.5) is 0 Å². The van der Waals surface area contributed by atoms with Gasteiger partial charge in [0.2, 0.25) is 21.8 Å². The van der Waals surface area contributed by atoms with Crippen LogP contribution in [0.5, 0.6) is 0 Å². The summed E-state index contributed by atoms with van der Waals surface area (Å²) in [5.41, 5.74) is 0.177. The Labute approximate surface area is 196 Å². The van der Waals surface area contributed by atoms with Crippen molar-refractivity contribution in [2.24, 2.45) is 5.92 Å². The maximum absolute atomic E-state index is 12.9. The fraction of sp³-hybridized carbons (Fsp3) is 0.609. The Kier molecular flexibility index (Phi) is 9.42. The molecule has 1 aliphatic heterocycles. The van der Waals surface area contributed by atoms with Gasteiger partial charge in [0.25, 0.3) is 5.91 Å². The lowest BCUT2D eigenvalue weighted by atomic mass is 10.00. The Bertz CT molecular complexity index is 951. The number of piperidine rings is 1. The zero-order valence-corrected chi connectivity index (χ0v) is 20.9. The van der Waals surface area contributed by atoms with E-state index in [-0.39, 0.29) is 34.2 Å². The molecule has 0 saturated carbocycles. The lowest BCUT2D eigenvalue weighted by Crippen LogP contribution is -2.54. The van der Waals surface area contributed by atoms with Crippen molar-refractivity contribution in [3.05, 3.63) is 29.8 Å². The summed E-state index contributed by atoms with van der Waals surface area (Å²) in [6, 6.07) is 5.03. The Balaban J connectivity index is 2.10. The van der Waals surface area contributed by atoms with Gasteiger partial charge in [-0.1, -0.05) is 33.8 Å². The predicted octanol–water partition coefficient (Wildman–Crippen LogP) is 1.60. The Morgan fingerprint density at radius 2 is 1.73 bits per heavy atom. The zero-order valence-electron chi connectivity index (χ0n) is 20.1. The van der Waals surface area contributed by atoms with Gasteiger partial charge in [0.15, 0.2) is 0 Å². The smallest absolute Gasteiger partial charge is 0.251 e. The molecule has 33 heavy (non-hydrogen) atoms. The van der Waals surface area contributed by atoms with Crippen LogP contribution in [-0.2, 0) is 19.6 Å². The van der Waals surface area contributed by atoms with Gasteiger partial charge in [-0.15, -0.1) is 0 Å². The van der Waals surface area contributed by atoms with Crippen molar-refractivity contribution >= 4 is 27.7 Å². The Hall–Kier alpha value is -2.46. The van der Waals surface area contributed by atoms with Gasteiger partial charge in [0, 0.05) is 44.7 Å². The molecule has 0 aromatic heterocycles. The second kappa shape index (κ2) is 11.6. The van der Waals surface area contributed by atoms with Crippen LogP contribution < -0.4 is 10.6 Å². The fourth-order valence-electron chi connectivity index (χ4n) is 3.90. The number of amides is 3. The zero-order chi connectivity index (χ0) is 24.8. The summed E-state index contributed by atoms with van der Waals surface area (Å²) < 4.78 is 26.9. The first kappa shape index (κ1) is 26.8. The molecule has 1 aromatic rings. The molecule has 1 saturated heterocycles. The summed E-state index contributed by atoms with van der Waals surface area (Å²) in [4.78, 5) is 39.1. The van der Waals surface area contributed by atoms with Crippen LogP contribution in [0.1, 0.15) is 57.8 Å². The molecule has 1 atom stereocenters. The van der Waals surface area contributed by atoms with E-state index in [1.807, 2.05) is 13.8 Å². The normalized spacial score (nSPS) is 16.0. The van der Waals surface area contributed by atoms with E-state index >= 15 is 0 Å². The minimum absolute atomic E-state index is 0.0253. The van der Waals surface area contributed by atoms with E-state index < -0.39 is 22.0 Å². The number of benzene rings is 1. The highest BCUT2D eigenvalue weighted by molar-refractivity contribution is 7.89. The lowest BCUT2D eigenvalue weighted by Gasteiger charge is -2.33. The molecule has 0 spiro atoms. The molecule has 0 bridgehead atoms. The molecule has 1 aliphatic rings. The number of likely N-dealkylation sites (tertiary alicyclic amines) is 1. The van der Waals surface area contributed by atoms with E-state index in [9.17, 15) is 22.8 Å². The maximum atomic E-state index is 12.9. The van der Waals surface area contributed by atoms with E-state index in [1.54, 1.807) is 18.7 Å². The summed E-state index contributed by atoms with van der Waals surface area (Å²) >= 11 is 0. The van der Waals surface area contributed by atoms with Gasteiger partial charge >= 0.3 is 0 Å². The first-order valence-electron chi connectivity index (χ1n) is 11.5. The van der Waals surface area contributed by atoms with Crippen LogP contribution in [-0.4, -0.2) is 73.6 Å². The number of nitrogens with one attached hydrogen (secondary N) is 2. The average molecular weight is 481 g/mol. The topological polar surface area (TPSA) is 116 Å². The van der Waals surface area contributed by atoms with Crippen LogP contribution in [0.2, 0.25) is 0 Å². The van der Waals surface area contributed by atoms with Gasteiger partial charge in [-0.3, -0.25) is 14.4 Å². The number of carbonyl (C=O) groups is 3. The quantitative estimate of drug-likeness (QED) is 0.557. The van der Waals surface area contributed by atoms with E-state index in [0.29, 0.717) is 39.0 Å². The van der Waals surface area contributed by atoms with Crippen LogP contribution in [0, 0.1) is 5.92 Å². The number of carbonyl (C=O) groups excluding carboxylic acids is 3. The monoisotopic (exact) mass is 480 g/mol. The first-order chi connectivity index (χ1) is 15.5. The molecule has 1 heterocycles. The van der Waals surface area contributed by atoms with Crippen molar-refractivity contribution in [1.29, 1.82) is 0 Å². The number of sulfonamides is 1. The van der Waals surface area contributed by atoms with E-state index in [0.717, 1.165) is 0 Å². The number of hydrogen-bond acceptors (Lipinski definition) is 5. The molecular weight excluding hydrogens is 444 g/mol. The number of rotatable bonds is 9. The summed E-state index contributed by atoms with van der Waals surface area (Å²) in [5, 5.41) is 5.75. The van der Waals surface area contributed by atoms with Gasteiger partial charge in [-0.25, -0.2) is 8.42 Å². The molecule has 0 unspecified atom stereocenters. The fourth-order valence-corrected chi connectivity index (χ4v) is 5.40. The largest absolute Gasteiger partial charge is 0.351 e. The number of hydrogen-bond donors (Lipinski definition) is 2. The third kappa shape index (κ3) is 6.77. The minimum atomic E-state index is -3.70. The SMILES string of the molecule is CCN(CC)S(=O)(=O)c1cccc(C(=O)N[C@H](C(=O)NC2CCN(C(C)=O)CC2)C(C)C)c1. The summed E-state index contributed by atoms with van der Waals surface area (Å²) in [7, 11) is -3.70. The lowest BCUT2D eigenvalue weighted by molar-refractivity contribution is -0.130. The molecule has 0 aliphatic carbocycles. The molecule has 1 aromatic carbocycles. The highest BCUT2D eigenvalue weighted by Crippen LogP contribution is 2.18. The van der Waals surface area contributed by atoms with Crippen molar-refractivity contribution in [2.45, 2.75) is 64.4 Å². The summed E-state index contributed by atoms with van der Waals surface area (Å²) in [6.07, 6.45) is 1.32. The van der Waals surface area contributed by atoms with Crippen molar-refractivity contribution in [1.82, 2.24) is 19.8 Å². The van der Waals surface area contributed by atoms with E-state index in [2.05, 4.69) is 10.6 Å². The molecule has 184 valence electrons. The minimum Gasteiger partial charge on any atom is -0.351 e. The van der Waals surface area contributed by atoms with E-state index in [1.165, 1.54) is 35.5 Å². The average Bonchev–Trinajstić information content (AvgIpc) is 2.78. The standard InChI is InChI=1S/C23H36N4O5S/c1-6-27(7-2)33(31,32)20-10-8-9-18(15-20)22(29)25-21(16(3)4)23(30)24-19-11-13-26(14-12-19)17(5)28/h8-10,15-16,19,21H,6-7,11-14H2,1-5H3,(H,24,30)(H,25,29)/t21-/m0/s1. The highest BCUT2D eigenvalue weighted by Gasteiger charge is 2.29. The van der Waals surface area contributed by atoms with Crippen LogP contribution in [0.15, 0.2) is 29.2 Å². The number of nitrogens with zero attached hydrogens (tertiary/aromatic N) is 2. The molecule has 9 nitrogen and oxygen atoms in total. The summed E-state index contributed by atoms with van der Waals surface area (Å²) in [6.45, 7) is 10.6. The van der Waals surface area contributed by atoms with Crippen LogP contribution in [0.3, 0.4) is 0 Å². The molecule has 0 radical (unpaired) electrons. The van der Waals surface area contributed by atoms with Gasteiger partial charge < -0.3 is 15.5 Å². The molecule has 1 fully saturated rings. The van der Waals surface area contributed by atoms with Crippen molar-refractivity contribution in [2.75, 3.05) is 26.2 Å². The Morgan fingerprint density at radius 3 is 2.24 bits per heavy atom. The second-order valence-electron chi connectivity index (χ2n) is 8.60. The predicted molar refractivity (Wildman–Crippen MR) is 126 cm³/mol. The molecule has 2 N–H and O–H groups in total. The van der Waals surface area contributed by atoms with E-state index in [4.69, 9.17) is 0 Å². The van der Waals surface area contributed by atoms with Gasteiger partial charge in [-0.2, -0.15) is 4.31 Å². The van der Waals surface area contributed by atoms with Crippen molar-refractivity contribution in [3.63, 3.8) is 0 Å².